The molecule has 1 rings (SSSR count). The van der Waals surface area contributed by atoms with E-state index in [0.29, 0.717) is 0 Å². The van der Waals surface area contributed by atoms with Crippen LogP contribution in [0.4, 0.5) is 5.69 Å². The van der Waals surface area contributed by atoms with E-state index < -0.39 is 6.04 Å². The molecule has 18 heavy (non-hydrogen) atoms. The SMILES string of the molecule is CC(=O)N[C@@H](C(=O)Nc1cccc(I)c1)C(C)C. The number of rotatable bonds is 4. The quantitative estimate of drug-likeness (QED) is 0.811. The predicted molar refractivity (Wildman–Crippen MR) is 80.2 cm³/mol. The van der Waals surface area contributed by atoms with Crippen LogP contribution in [0.25, 0.3) is 0 Å². The Balaban J connectivity index is 2.75. The second-order valence-electron chi connectivity index (χ2n) is 4.42. The van der Waals surface area contributed by atoms with Crippen LogP contribution in [0.3, 0.4) is 0 Å². The van der Waals surface area contributed by atoms with Crippen molar-refractivity contribution in [3.63, 3.8) is 0 Å². The lowest BCUT2D eigenvalue weighted by Crippen LogP contribution is -2.46. The van der Waals surface area contributed by atoms with Gasteiger partial charge in [-0.25, -0.2) is 0 Å². The van der Waals surface area contributed by atoms with Crippen molar-refractivity contribution in [1.29, 1.82) is 0 Å². The van der Waals surface area contributed by atoms with E-state index in [1.807, 2.05) is 38.1 Å². The maximum absolute atomic E-state index is 12.1. The normalized spacial score (nSPS) is 12.1. The fraction of sp³-hybridized carbons (Fsp3) is 0.385. The average molecular weight is 360 g/mol. The van der Waals surface area contributed by atoms with Crippen LogP contribution >= 0.6 is 22.6 Å². The zero-order valence-electron chi connectivity index (χ0n) is 10.7. The third-order valence-corrected chi connectivity index (χ3v) is 3.07. The second kappa shape index (κ2) is 6.72. The number of halogens is 1. The molecule has 2 amide bonds. The summed E-state index contributed by atoms with van der Waals surface area (Å²) < 4.78 is 1.05. The Labute approximate surface area is 121 Å². The maximum atomic E-state index is 12.1. The summed E-state index contributed by atoms with van der Waals surface area (Å²) >= 11 is 2.18. The molecule has 0 spiro atoms. The van der Waals surface area contributed by atoms with Gasteiger partial charge in [0.05, 0.1) is 0 Å². The number of hydrogen-bond donors (Lipinski definition) is 2. The van der Waals surface area contributed by atoms with E-state index >= 15 is 0 Å². The monoisotopic (exact) mass is 360 g/mol. The molecule has 1 atom stereocenters. The summed E-state index contributed by atoms with van der Waals surface area (Å²) in [6, 6.07) is 7.01. The van der Waals surface area contributed by atoms with Crippen molar-refractivity contribution in [3.05, 3.63) is 27.8 Å². The van der Waals surface area contributed by atoms with Gasteiger partial charge in [0, 0.05) is 16.2 Å². The smallest absolute Gasteiger partial charge is 0.247 e. The van der Waals surface area contributed by atoms with Gasteiger partial charge < -0.3 is 10.6 Å². The van der Waals surface area contributed by atoms with Gasteiger partial charge in [0.2, 0.25) is 11.8 Å². The number of benzene rings is 1. The lowest BCUT2D eigenvalue weighted by atomic mass is 10.0. The van der Waals surface area contributed by atoms with Crippen LogP contribution in [0.5, 0.6) is 0 Å². The minimum Gasteiger partial charge on any atom is -0.344 e. The number of carbonyl (C=O) groups excluding carboxylic acids is 2. The highest BCUT2D eigenvalue weighted by molar-refractivity contribution is 14.1. The van der Waals surface area contributed by atoms with Crippen LogP contribution in [0, 0.1) is 9.49 Å². The van der Waals surface area contributed by atoms with E-state index in [4.69, 9.17) is 0 Å². The lowest BCUT2D eigenvalue weighted by molar-refractivity contribution is -0.126. The van der Waals surface area contributed by atoms with Crippen molar-refractivity contribution in [2.24, 2.45) is 5.92 Å². The second-order valence-corrected chi connectivity index (χ2v) is 5.67. The number of carbonyl (C=O) groups is 2. The topological polar surface area (TPSA) is 58.2 Å². The third kappa shape index (κ3) is 4.64. The van der Waals surface area contributed by atoms with Gasteiger partial charge in [-0.1, -0.05) is 19.9 Å². The lowest BCUT2D eigenvalue weighted by Gasteiger charge is -2.20. The van der Waals surface area contributed by atoms with Gasteiger partial charge in [-0.15, -0.1) is 0 Å². The Hall–Kier alpha value is -1.11. The van der Waals surface area contributed by atoms with Gasteiger partial charge >= 0.3 is 0 Å². The summed E-state index contributed by atoms with van der Waals surface area (Å²) in [6.45, 7) is 5.21. The molecular formula is C13H17IN2O2. The molecule has 0 heterocycles. The molecular weight excluding hydrogens is 343 g/mol. The zero-order chi connectivity index (χ0) is 13.7. The first kappa shape index (κ1) is 14.9. The van der Waals surface area contributed by atoms with Crippen LogP contribution < -0.4 is 10.6 Å². The number of amides is 2. The summed E-state index contributed by atoms with van der Waals surface area (Å²) in [5, 5.41) is 5.47. The molecule has 2 N–H and O–H groups in total. The van der Waals surface area contributed by atoms with Gasteiger partial charge in [-0.3, -0.25) is 9.59 Å². The fourth-order valence-corrected chi connectivity index (χ4v) is 2.08. The van der Waals surface area contributed by atoms with E-state index in [-0.39, 0.29) is 17.7 Å². The molecule has 0 bridgehead atoms. The van der Waals surface area contributed by atoms with Crippen molar-refractivity contribution < 1.29 is 9.59 Å². The largest absolute Gasteiger partial charge is 0.344 e. The van der Waals surface area contributed by atoms with E-state index in [2.05, 4.69) is 33.2 Å². The highest BCUT2D eigenvalue weighted by atomic mass is 127. The molecule has 0 unspecified atom stereocenters. The summed E-state index contributed by atoms with van der Waals surface area (Å²) in [6.07, 6.45) is 0. The van der Waals surface area contributed by atoms with Gasteiger partial charge in [0.15, 0.2) is 0 Å². The van der Waals surface area contributed by atoms with Crippen LogP contribution in [0.15, 0.2) is 24.3 Å². The van der Waals surface area contributed by atoms with Crippen LogP contribution in [-0.4, -0.2) is 17.9 Å². The fourth-order valence-electron chi connectivity index (χ4n) is 1.54. The Morgan fingerprint density at radius 3 is 2.44 bits per heavy atom. The molecule has 4 nitrogen and oxygen atoms in total. The molecule has 0 radical (unpaired) electrons. The Bertz CT molecular complexity index is 446. The molecule has 0 aliphatic heterocycles. The minimum atomic E-state index is -0.514. The molecule has 1 aromatic rings. The number of nitrogens with one attached hydrogen (secondary N) is 2. The highest BCUT2D eigenvalue weighted by Gasteiger charge is 2.22. The molecule has 98 valence electrons. The first-order valence-electron chi connectivity index (χ1n) is 5.73. The first-order chi connectivity index (χ1) is 8.40. The highest BCUT2D eigenvalue weighted by Crippen LogP contribution is 2.13. The summed E-state index contributed by atoms with van der Waals surface area (Å²) in [5.74, 6) is -0.356. The van der Waals surface area contributed by atoms with E-state index in [1.54, 1.807) is 0 Å². The van der Waals surface area contributed by atoms with Crippen molar-refractivity contribution in [2.45, 2.75) is 26.8 Å². The number of anilines is 1. The first-order valence-corrected chi connectivity index (χ1v) is 6.81. The zero-order valence-corrected chi connectivity index (χ0v) is 12.8. The van der Waals surface area contributed by atoms with E-state index in [9.17, 15) is 9.59 Å². The van der Waals surface area contributed by atoms with Gasteiger partial charge in [-0.05, 0) is 46.7 Å². The molecule has 0 aliphatic carbocycles. The Kier molecular flexibility index (Phi) is 5.58. The number of hydrogen-bond acceptors (Lipinski definition) is 2. The van der Waals surface area contributed by atoms with Gasteiger partial charge in [0.25, 0.3) is 0 Å². The van der Waals surface area contributed by atoms with E-state index in [0.717, 1.165) is 9.26 Å². The summed E-state index contributed by atoms with van der Waals surface area (Å²) in [5.41, 5.74) is 0.739. The molecule has 0 saturated carbocycles. The van der Waals surface area contributed by atoms with Crippen LogP contribution in [0.2, 0.25) is 0 Å². The van der Waals surface area contributed by atoms with Crippen molar-refractivity contribution in [1.82, 2.24) is 5.32 Å². The molecule has 0 aliphatic rings. The van der Waals surface area contributed by atoms with Crippen molar-refractivity contribution >= 4 is 40.1 Å². The van der Waals surface area contributed by atoms with Crippen LogP contribution in [-0.2, 0) is 9.59 Å². The molecule has 0 aromatic heterocycles. The minimum absolute atomic E-state index is 0.0386. The Morgan fingerprint density at radius 2 is 1.94 bits per heavy atom. The maximum Gasteiger partial charge on any atom is 0.247 e. The van der Waals surface area contributed by atoms with Crippen molar-refractivity contribution in [3.8, 4) is 0 Å². The summed E-state index contributed by atoms with van der Waals surface area (Å²) in [4.78, 5) is 23.1. The van der Waals surface area contributed by atoms with Gasteiger partial charge in [-0.2, -0.15) is 0 Å². The van der Waals surface area contributed by atoms with Gasteiger partial charge in [0.1, 0.15) is 6.04 Å². The molecule has 1 aromatic carbocycles. The molecule has 0 fully saturated rings. The standard InChI is InChI=1S/C13H17IN2O2/c1-8(2)12(15-9(3)17)13(18)16-11-6-4-5-10(14)7-11/h4-8,12H,1-3H3,(H,15,17)(H,16,18)/t12-/m1/s1. The average Bonchev–Trinajstić information content (AvgIpc) is 2.25. The Morgan fingerprint density at radius 1 is 1.28 bits per heavy atom. The predicted octanol–water partition coefficient (Wildman–Crippen LogP) is 2.39. The summed E-state index contributed by atoms with van der Waals surface area (Å²) in [7, 11) is 0. The van der Waals surface area contributed by atoms with E-state index in [1.165, 1.54) is 6.92 Å². The van der Waals surface area contributed by atoms with Crippen LogP contribution in [0.1, 0.15) is 20.8 Å². The third-order valence-electron chi connectivity index (χ3n) is 2.40. The molecule has 0 saturated heterocycles. The molecule has 5 heteroatoms. The van der Waals surface area contributed by atoms with Crippen molar-refractivity contribution in [2.75, 3.05) is 5.32 Å².